The van der Waals surface area contributed by atoms with Gasteiger partial charge in [0, 0.05) is 6.07 Å². The molecule has 0 saturated carbocycles. The van der Waals surface area contributed by atoms with Crippen LogP contribution in [0.2, 0.25) is 0 Å². The summed E-state index contributed by atoms with van der Waals surface area (Å²) in [7, 11) is 0. The number of halogens is 2. The van der Waals surface area contributed by atoms with E-state index < -0.39 is 23.2 Å². The molecule has 0 fully saturated rings. The van der Waals surface area contributed by atoms with Crippen molar-refractivity contribution >= 4 is 11.7 Å². The maximum atomic E-state index is 13.4. The molecule has 106 valence electrons. The molecule has 0 amide bonds. The first-order valence-electron chi connectivity index (χ1n) is 6.48. The molecule has 1 aromatic rings. The van der Waals surface area contributed by atoms with Crippen molar-refractivity contribution in [2.24, 2.45) is 0 Å². The zero-order valence-corrected chi connectivity index (χ0v) is 11.0. The monoisotopic (exact) mass is 271 g/mol. The number of hydrogen-bond donors (Lipinski definition) is 1. The van der Waals surface area contributed by atoms with E-state index in [-0.39, 0.29) is 12.3 Å². The van der Waals surface area contributed by atoms with Crippen molar-refractivity contribution in [3.63, 3.8) is 0 Å². The molecule has 0 heterocycles. The van der Waals surface area contributed by atoms with E-state index in [1.807, 2.05) is 0 Å². The minimum absolute atomic E-state index is 0.216. The zero-order chi connectivity index (χ0) is 14.3. The molecule has 0 aromatic heterocycles. The Hall–Kier alpha value is -1.65. The topological polar surface area (TPSA) is 52.3 Å². The summed E-state index contributed by atoms with van der Waals surface area (Å²) in [4.78, 5) is 11.5. The van der Waals surface area contributed by atoms with Crippen LogP contribution in [-0.2, 0) is 4.74 Å². The van der Waals surface area contributed by atoms with Crippen LogP contribution in [0.15, 0.2) is 12.1 Å². The maximum absolute atomic E-state index is 13.4. The van der Waals surface area contributed by atoms with Gasteiger partial charge in [0.2, 0.25) is 0 Å². The van der Waals surface area contributed by atoms with Gasteiger partial charge in [-0.25, -0.2) is 13.6 Å². The average Bonchev–Trinajstić information content (AvgIpc) is 2.37. The Bertz CT molecular complexity index is 436. The van der Waals surface area contributed by atoms with Gasteiger partial charge in [-0.15, -0.1) is 0 Å². The highest BCUT2D eigenvalue weighted by Gasteiger charge is 2.16. The number of anilines is 1. The van der Waals surface area contributed by atoms with E-state index in [1.165, 1.54) is 0 Å². The lowest BCUT2D eigenvalue weighted by atomic mass is 10.1. The van der Waals surface area contributed by atoms with Crippen LogP contribution in [0.3, 0.4) is 0 Å². The van der Waals surface area contributed by atoms with Crippen molar-refractivity contribution in [2.75, 3.05) is 12.3 Å². The van der Waals surface area contributed by atoms with Gasteiger partial charge >= 0.3 is 5.97 Å². The third-order valence-electron chi connectivity index (χ3n) is 2.79. The lowest BCUT2D eigenvalue weighted by Crippen LogP contribution is -2.10. The Morgan fingerprint density at radius 2 is 1.84 bits per heavy atom. The zero-order valence-electron chi connectivity index (χ0n) is 11.0. The van der Waals surface area contributed by atoms with Crippen LogP contribution < -0.4 is 5.73 Å². The summed E-state index contributed by atoms with van der Waals surface area (Å²) in [6, 6.07) is 1.55. The van der Waals surface area contributed by atoms with Gasteiger partial charge in [0.15, 0.2) is 0 Å². The van der Waals surface area contributed by atoms with E-state index in [4.69, 9.17) is 10.5 Å². The molecule has 2 N–H and O–H groups in total. The number of benzene rings is 1. The van der Waals surface area contributed by atoms with Crippen LogP contribution in [0, 0.1) is 11.6 Å². The van der Waals surface area contributed by atoms with Gasteiger partial charge in [-0.1, -0.05) is 32.6 Å². The van der Waals surface area contributed by atoms with Gasteiger partial charge in [-0.2, -0.15) is 0 Å². The van der Waals surface area contributed by atoms with Gasteiger partial charge in [0.25, 0.3) is 0 Å². The minimum atomic E-state index is -0.866. The summed E-state index contributed by atoms with van der Waals surface area (Å²) in [6.45, 7) is 2.33. The fourth-order valence-electron chi connectivity index (χ4n) is 1.67. The molecule has 0 bridgehead atoms. The Morgan fingerprint density at radius 1 is 1.16 bits per heavy atom. The molecule has 0 aliphatic heterocycles. The first-order chi connectivity index (χ1) is 9.06. The lowest BCUT2D eigenvalue weighted by Gasteiger charge is -2.06. The quantitative estimate of drug-likeness (QED) is 0.467. The summed E-state index contributed by atoms with van der Waals surface area (Å²) in [5, 5.41) is 0. The normalized spacial score (nSPS) is 10.5. The number of nitrogen functional groups attached to an aromatic ring is 1. The fraction of sp³-hybridized carbons (Fsp3) is 0.500. The second-order valence-corrected chi connectivity index (χ2v) is 4.40. The van der Waals surface area contributed by atoms with Gasteiger partial charge in [-0.3, -0.25) is 0 Å². The molecule has 0 aliphatic carbocycles. The van der Waals surface area contributed by atoms with Gasteiger partial charge in [-0.05, 0) is 12.5 Å². The van der Waals surface area contributed by atoms with Crippen LogP contribution in [0.5, 0.6) is 0 Å². The van der Waals surface area contributed by atoms with E-state index in [0.29, 0.717) is 0 Å². The highest BCUT2D eigenvalue weighted by molar-refractivity contribution is 5.90. The van der Waals surface area contributed by atoms with E-state index in [2.05, 4.69) is 6.92 Å². The van der Waals surface area contributed by atoms with E-state index in [0.717, 1.165) is 44.2 Å². The van der Waals surface area contributed by atoms with Crippen LogP contribution >= 0.6 is 0 Å². The fourth-order valence-corrected chi connectivity index (χ4v) is 1.67. The molecule has 0 spiro atoms. The third-order valence-corrected chi connectivity index (χ3v) is 2.79. The molecule has 1 aromatic carbocycles. The Morgan fingerprint density at radius 3 is 2.53 bits per heavy atom. The molecule has 0 saturated heterocycles. The van der Waals surface area contributed by atoms with E-state index in [9.17, 15) is 13.6 Å². The number of esters is 1. The van der Waals surface area contributed by atoms with Crippen molar-refractivity contribution in [1.29, 1.82) is 0 Å². The van der Waals surface area contributed by atoms with Crippen molar-refractivity contribution in [1.82, 2.24) is 0 Å². The van der Waals surface area contributed by atoms with Crippen LogP contribution in [0.25, 0.3) is 0 Å². The highest BCUT2D eigenvalue weighted by Crippen LogP contribution is 2.17. The van der Waals surface area contributed by atoms with Crippen LogP contribution in [0.4, 0.5) is 14.5 Å². The summed E-state index contributed by atoms with van der Waals surface area (Å²) in [5.41, 5.74) is 4.45. The number of hydrogen-bond acceptors (Lipinski definition) is 3. The lowest BCUT2D eigenvalue weighted by molar-refractivity contribution is 0.0492. The first kappa shape index (κ1) is 15.4. The summed E-state index contributed by atoms with van der Waals surface area (Å²) in [6.07, 6.45) is 5.05. The average molecular weight is 271 g/mol. The molecular formula is C14H19F2NO2. The number of unbranched alkanes of at least 4 members (excludes halogenated alkanes) is 4. The summed E-state index contributed by atoms with van der Waals surface area (Å²) >= 11 is 0. The maximum Gasteiger partial charge on any atom is 0.341 e. The minimum Gasteiger partial charge on any atom is -0.462 e. The number of ether oxygens (including phenoxy) is 1. The van der Waals surface area contributed by atoms with Crippen molar-refractivity contribution in [2.45, 2.75) is 39.0 Å². The smallest absolute Gasteiger partial charge is 0.341 e. The van der Waals surface area contributed by atoms with Crippen molar-refractivity contribution in [3.8, 4) is 0 Å². The standard InChI is InChI=1S/C14H19F2NO2/c1-2-3-4-5-6-7-19-14(18)10-8-12(16)13(17)9-11(10)15/h8-9H,2-7,17H2,1H3. The molecule has 0 atom stereocenters. The Balaban J connectivity index is 2.43. The Labute approximate surface area is 111 Å². The van der Waals surface area contributed by atoms with Crippen LogP contribution in [0.1, 0.15) is 49.4 Å². The number of nitrogens with two attached hydrogens (primary N) is 1. The van der Waals surface area contributed by atoms with Crippen molar-refractivity contribution < 1.29 is 18.3 Å². The van der Waals surface area contributed by atoms with Gasteiger partial charge in [0.05, 0.1) is 17.9 Å². The van der Waals surface area contributed by atoms with Gasteiger partial charge < -0.3 is 10.5 Å². The largest absolute Gasteiger partial charge is 0.462 e. The summed E-state index contributed by atoms with van der Waals surface area (Å²) < 4.78 is 31.5. The van der Waals surface area contributed by atoms with Crippen LogP contribution in [-0.4, -0.2) is 12.6 Å². The Kier molecular flexibility index (Phi) is 6.25. The van der Waals surface area contributed by atoms with Crippen molar-refractivity contribution in [3.05, 3.63) is 29.3 Å². The van der Waals surface area contributed by atoms with E-state index >= 15 is 0 Å². The molecule has 0 radical (unpaired) electrons. The molecule has 0 aliphatic rings. The molecular weight excluding hydrogens is 252 g/mol. The SMILES string of the molecule is CCCCCCCOC(=O)c1cc(F)c(N)cc1F. The molecule has 5 heteroatoms. The number of rotatable bonds is 7. The number of carbonyl (C=O) groups excluding carboxylic acids is 1. The molecule has 19 heavy (non-hydrogen) atoms. The number of carbonyl (C=O) groups is 1. The second-order valence-electron chi connectivity index (χ2n) is 4.40. The predicted octanol–water partition coefficient (Wildman–Crippen LogP) is 3.67. The molecule has 0 unspecified atom stereocenters. The third kappa shape index (κ3) is 4.85. The predicted molar refractivity (Wildman–Crippen MR) is 69.8 cm³/mol. The van der Waals surface area contributed by atoms with E-state index in [1.54, 1.807) is 0 Å². The molecule has 3 nitrogen and oxygen atoms in total. The highest BCUT2D eigenvalue weighted by atomic mass is 19.1. The van der Waals surface area contributed by atoms with Gasteiger partial charge in [0.1, 0.15) is 11.6 Å². The second kappa shape index (κ2) is 7.71. The first-order valence-corrected chi connectivity index (χ1v) is 6.48. The summed E-state index contributed by atoms with van der Waals surface area (Å²) in [5.74, 6) is -2.54. The molecule has 1 rings (SSSR count).